The van der Waals surface area contributed by atoms with Gasteiger partial charge in [0, 0.05) is 25.0 Å². The summed E-state index contributed by atoms with van der Waals surface area (Å²) in [6, 6.07) is 4.94. The van der Waals surface area contributed by atoms with Crippen LogP contribution >= 0.6 is 0 Å². The first-order valence-corrected chi connectivity index (χ1v) is 6.90. The summed E-state index contributed by atoms with van der Waals surface area (Å²) in [6.07, 6.45) is 9.46. The van der Waals surface area contributed by atoms with Crippen molar-refractivity contribution < 1.29 is 0 Å². The lowest BCUT2D eigenvalue weighted by atomic mass is 9.85. The third kappa shape index (κ3) is 3.53. The Labute approximate surface area is 105 Å². The molecule has 94 valence electrons. The number of pyridine rings is 1. The summed E-state index contributed by atoms with van der Waals surface area (Å²) in [7, 11) is 0. The van der Waals surface area contributed by atoms with Crippen molar-refractivity contribution in [2.45, 2.75) is 51.5 Å². The molecule has 1 atom stereocenters. The number of nitrogens with one attached hydrogen (secondary N) is 1. The standard InChI is InChI=1S/C15H24N2/c1-12(2)17-11-15(13-5-3-4-6-13)14-7-9-16-10-8-14/h7-10,12-13,15,17H,3-6,11H2,1-2H3. The normalized spacial score (nSPS) is 18.8. The zero-order valence-corrected chi connectivity index (χ0v) is 11.0. The molecule has 1 unspecified atom stereocenters. The molecule has 2 nitrogen and oxygen atoms in total. The molecule has 1 aromatic rings. The van der Waals surface area contributed by atoms with Gasteiger partial charge in [0.25, 0.3) is 0 Å². The molecule has 1 aromatic heterocycles. The second-order valence-corrected chi connectivity index (χ2v) is 5.49. The van der Waals surface area contributed by atoms with Crippen LogP contribution in [-0.4, -0.2) is 17.6 Å². The molecule has 1 fully saturated rings. The SMILES string of the molecule is CC(C)NCC(c1ccncc1)C1CCCC1. The summed E-state index contributed by atoms with van der Waals surface area (Å²) in [4.78, 5) is 4.13. The van der Waals surface area contributed by atoms with E-state index in [0.29, 0.717) is 12.0 Å². The van der Waals surface area contributed by atoms with Gasteiger partial charge in [-0.2, -0.15) is 0 Å². The molecule has 2 heteroatoms. The van der Waals surface area contributed by atoms with Gasteiger partial charge in [-0.25, -0.2) is 0 Å². The molecule has 0 radical (unpaired) electrons. The predicted molar refractivity (Wildman–Crippen MR) is 72.1 cm³/mol. The van der Waals surface area contributed by atoms with E-state index >= 15 is 0 Å². The van der Waals surface area contributed by atoms with Gasteiger partial charge in [0.1, 0.15) is 0 Å². The molecule has 0 bridgehead atoms. The van der Waals surface area contributed by atoms with Crippen LogP contribution in [0.2, 0.25) is 0 Å². The summed E-state index contributed by atoms with van der Waals surface area (Å²) >= 11 is 0. The van der Waals surface area contributed by atoms with Crippen molar-refractivity contribution in [3.05, 3.63) is 30.1 Å². The molecule has 0 aromatic carbocycles. The molecular formula is C15H24N2. The highest BCUT2D eigenvalue weighted by Gasteiger charge is 2.26. The Bertz CT molecular complexity index is 315. The monoisotopic (exact) mass is 232 g/mol. The highest BCUT2D eigenvalue weighted by Crippen LogP contribution is 2.36. The van der Waals surface area contributed by atoms with Crippen LogP contribution in [0.1, 0.15) is 51.0 Å². The highest BCUT2D eigenvalue weighted by molar-refractivity contribution is 5.18. The van der Waals surface area contributed by atoms with Crippen LogP contribution in [0.3, 0.4) is 0 Å². The van der Waals surface area contributed by atoms with E-state index < -0.39 is 0 Å². The Morgan fingerprint density at radius 1 is 1.24 bits per heavy atom. The van der Waals surface area contributed by atoms with Crippen LogP contribution < -0.4 is 5.32 Å². The van der Waals surface area contributed by atoms with E-state index in [1.807, 2.05) is 12.4 Å². The van der Waals surface area contributed by atoms with Crippen LogP contribution in [-0.2, 0) is 0 Å². The van der Waals surface area contributed by atoms with E-state index in [1.165, 1.54) is 31.2 Å². The van der Waals surface area contributed by atoms with Crippen molar-refractivity contribution in [2.24, 2.45) is 5.92 Å². The molecule has 1 aliphatic rings. The van der Waals surface area contributed by atoms with Crippen LogP contribution in [0.15, 0.2) is 24.5 Å². The van der Waals surface area contributed by atoms with Gasteiger partial charge < -0.3 is 5.32 Å². The zero-order valence-electron chi connectivity index (χ0n) is 11.0. The fourth-order valence-electron chi connectivity index (χ4n) is 2.89. The van der Waals surface area contributed by atoms with Crippen LogP contribution in [0, 0.1) is 5.92 Å². The van der Waals surface area contributed by atoms with Crippen molar-refractivity contribution in [3.63, 3.8) is 0 Å². The molecule has 17 heavy (non-hydrogen) atoms. The van der Waals surface area contributed by atoms with Crippen molar-refractivity contribution in [1.29, 1.82) is 0 Å². The maximum atomic E-state index is 4.13. The number of hydrogen-bond donors (Lipinski definition) is 1. The van der Waals surface area contributed by atoms with Crippen molar-refractivity contribution >= 4 is 0 Å². The largest absolute Gasteiger partial charge is 0.314 e. The van der Waals surface area contributed by atoms with Crippen LogP contribution in [0.25, 0.3) is 0 Å². The lowest BCUT2D eigenvalue weighted by molar-refractivity contribution is 0.398. The molecule has 0 spiro atoms. The van der Waals surface area contributed by atoms with Gasteiger partial charge >= 0.3 is 0 Å². The Balaban J connectivity index is 2.06. The quantitative estimate of drug-likeness (QED) is 0.842. The number of hydrogen-bond acceptors (Lipinski definition) is 2. The molecule has 0 amide bonds. The fraction of sp³-hybridized carbons (Fsp3) is 0.667. The maximum Gasteiger partial charge on any atom is 0.0270 e. The zero-order chi connectivity index (χ0) is 12.1. The van der Waals surface area contributed by atoms with Gasteiger partial charge in [-0.3, -0.25) is 4.98 Å². The Morgan fingerprint density at radius 2 is 1.88 bits per heavy atom. The third-order valence-electron chi connectivity index (χ3n) is 3.85. The Kier molecular flexibility index (Phi) is 4.55. The number of aromatic nitrogens is 1. The molecule has 0 aliphatic heterocycles. The van der Waals surface area contributed by atoms with E-state index in [-0.39, 0.29) is 0 Å². The lowest BCUT2D eigenvalue weighted by Gasteiger charge is -2.25. The van der Waals surface area contributed by atoms with Gasteiger partial charge in [0.15, 0.2) is 0 Å². The summed E-state index contributed by atoms with van der Waals surface area (Å²) in [5.41, 5.74) is 1.46. The molecule has 1 heterocycles. The Hall–Kier alpha value is -0.890. The van der Waals surface area contributed by atoms with E-state index in [4.69, 9.17) is 0 Å². The van der Waals surface area contributed by atoms with E-state index in [2.05, 4.69) is 36.3 Å². The average Bonchev–Trinajstić information content (AvgIpc) is 2.84. The smallest absolute Gasteiger partial charge is 0.0270 e. The molecule has 1 saturated carbocycles. The van der Waals surface area contributed by atoms with Gasteiger partial charge in [-0.1, -0.05) is 26.7 Å². The molecule has 1 N–H and O–H groups in total. The first-order chi connectivity index (χ1) is 8.27. The molecule has 2 rings (SSSR count). The third-order valence-corrected chi connectivity index (χ3v) is 3.85. The van der Waals surface area contributed by atoms with Crippen molar-refractivity contribution in [3.8, 4) is 0 Å². The number of rotatable bonds is 5. The van der Waals surface area contributed by atoms with Crippen molar-refractivity contribution in [1.82, 2.24) is 10.3 Å². The van der Waals surface area contributed by atoms with Gasteiger partial charge in [0.2, 0.25) is 0 Å². The predicted octanol–water partition coefficient (Wildman–Crippen LogP) is 3.35. The van der Waals surface area contributed by atoms with E-state index in [1.54, 1.807) is 0 Å². The minimum Gasteiger partial charge on any atom is -0.314 e. The van der Waals surface area contributed by atoms with Crippen molar-refractivity contribution in [2.75, 3.05) is 6.54 Å². The topological polar surface area (TPSA) is 24.9 Å². The molecule has 1 aliphatic carbocycles. The van der Waals surface area contributed by atoms with Crippen LogP contribution in [0.4, 0.5) is 0 Å². The minimum absolute atomic E-state index is 0.570. The second-order valence-electron chi connectivity index (χ2n) is 5.49. The van der Waals surface area contributed by atoms with Gasteiger partial charge in [-0.05, 0) is 42.4 Å². The molecular weight excluding hydrogens is 208 g/mol. The van der Waals surface area contributed by atoms with Gasteiger partial charge in [0.05, 0.1) is 0 Å². The first kappa shape index (κ1) is 12.6. The minimum atomic E-state index is 0.570. The summed E-state index contributed by atoms with van der Waals surface area (Å²) < 4.78 is 0. The van der Waals surface area contributed by atoms with Crippen LogP contribution in [0.5, 0.6) is 0 Å². The maximum absolute atomic E-state index is 4.13. The second kappa shape index (κ2) is 6.15. The summed E-state index contributed by atoms with van der Waals surface area (Å²) in [6.45, 7) is 5.54. The lowest BCUT2D eigenvalue weighted by Crippen LogP contribution is -2.30. The average molecular weight is 232 g/mol. The summed E-state index contributed by atoms with van der Waals surface area (Å²) in [5, 5.41) is 3.60. The summed E-state index contributed by atoms with van der Waals surface area (Å²) in [5.74, 6) is 1.53. The highest BCUT2D eigenvalue weighted by atomic mass is 14.9. The number of nitrogens with zero attached hydrogens (tertiary/aromatic N) is 1. The Morgan fingerprint density at radius 3 is 2.47 bits per heavy atom. The molecule has 0 saturated heterocycles. The first-order valence-electron chi connectivity index (χ1n) is 6.90. The van der Waals surface area contributed by atoms with E-state index in [9.17, 15) is 0 Å². The fourth-order valence-corrected chi connectivity index (χ4v) is 2.89. The van der Waals surface area contributed by atoms with Gasteiger partial charge in [-0.15, -0.1) is 0 Å². The van der Waals surface area contributed by atoms with E-state index in [0.717, 1.165) is 12.5 Å².